The summed E-state index contributed by atoms with van der Waals surface area (Å²) in [4.78, 5) is 0.0911. The summed E-state index contributed by atoms with van der Waals surface area (Å²) >= 11 is 5.96. The fourth-order valence-electron chi connectivity index (χ4n) is 1.52. The topological polar surface area (TPSA) is 63.4 Å². The van der Waals surface area contributed by atoms with Gasteiger partial charge in [0.25, 0.3) is 0 Å². The maximum absolute atomic E-state index is 12.4. The Morgan fingerprint density at radius 3 is 2.28 bits per heavy atom. The van der Waals surface area contributed by atoms with Crippen molar-refractivity contribution in [3.63, 3.8) is 0 Å². The van der Waals surface area contributed by atoms with Gasteiger partial charge in [-0.3, -0.25) is 0 Å². The van der Waals surface area contributed by atoms with E-state index < -0.39 is 10.0 Å². The van der Waals surface area contributed by atoms with E-state index in [1.165, 1.54) is 22.5 Å². The van der Waals surface area contributed by atoms with Gasteiger partial charge in [0.2, 0.25) is 10.0 Å². The van der Waals surface area contributed by atoms with Crippen LogP contribution in [0.2, 0.25) is 5.02 Å². The maximum atomic E-state index is 12.4. The normalized spacial score (nSPS) is 14.2. The molecule has 0 aromatic heterocycles. The molecule has 0 radical (unpaired) electrons. The van der Waals surface area contributed by atoms with E-state index >= 15 is 0 Å². The summed E-state index contributed by atoms with van der Waals surface area (Å²) in [7, 11) is -2.02. The average molecular weight is 291 g/mol. The second kappa shape index (κ2) is 5.47. The van der Waals surface area contributed by atoms with Gasteiger partial charge in [0.15, 0.2) is 0 Å². The van der Waals surface area contributed by atoms with Crippen LogP contribution in [0, 0.1) is 5.92 Å². The Balaban J connectivity index is 3.21. The van der Waals surface area contributed by atoms with Gasteiger partial charge in [-0.05, 0) is 31.0 Å². The third-order valence-electron chi connectivity index (χ3n) is 3.15. The third-order valence-corrected chi connectivity index (χ3v) is 5.58. The monoisotopic (exact) mass is 290 g/mol. The van der Waals surface area contributed by atoms with Gasteiger partial charge in [-0.2, -0.15) is 4.31 Å². The molecule has 0 heterocycles. The smallest absolute Gasteiger partial charge is 0.244 e. The molecule has 0 aliphatic rings. The molecule has 2 N–H and O–H groups in total. The number of anilines is 1. The van der Waals surface area contributed by atoms with Crippen LogP contribution in [0.3, 0.4) is 0 Å². The predicted molar refractivity (Wildman–Crippen MR) is 75.1 cm³/mol. The Morgan fingerprint density at radius 1 is 1.28 bits per heavy atom. The van der Waals surface area contributed by atoms with Gasteiger partial charge in [0.1, 0.15) is 4.90 Å². The van der Waals surface area contributed by atoms with Gasteiger partial charge in [-0.25, -0.2) is 8.42 Å². The van der Waals surface area contributed by atoms with E-state index in [1.54, 1.807) is 7.05 Å². The van der Waals surface area contributed by atoms with Crippen molar-refractivity contribution in [2.75, 3.05) is 12.8 Å². The minimum Gasteiger partial charge on any atom is -0.399 e. The second-order valence-corrected chi connectivity index (χ2v) is 7.07. The van der Waals surface area contributed by atoms with E-state index in [1.807, 2.05) is 20.8 Å². The summed E-state index contributed by atoms with van der Waals surface area (Å²) in [6.07, 6.45) is 0. The lowest BCUT2D eigenvalue weighted by Gasteiger charge is -2.27. The standard InChI is InChI=1S/C12H19ClN2O2S/c1-8(2)9(3)15(4)18(16,17)12-6-5-10(14)7-11(12)13/h5-9H,14H2,1-4H3. The van der Waals surface area contributed by atoms with Crippen molar-refractivity contribution < 1.29 is 8.42 Å². The van der Waals surface area contributed by atoms with Crippen LogP contribution in [-0.2, 0) is 10.0 Å². The summed E-state index contributed by atoms with van der Waals surface area (Å²) < 4.78 is 26.2. The average Bonchev–Trinajstić information content (AvgIpc) is 2.26. The van der Waals surface area contributed by atoms with Crippen LogP contribution in [0.25, 0.3) is 0 Å². The molecule has 1 atom stereocenters. The zero-order valence-corrected chi connectivity index (χ0v) is 12.6. The number of nitrogen functional groups attached to an aromatic ring is 1. The minimum atomic E-state index is -3.58. The molecule has 6 heteroatoms. The van der Waals surface area contributed by atoms with Crippen LogP contribution < -0.4 is 5.73 Å². The number of hydrogen-bond donors (Lipinski definition) is 1. The van der Waals surface area contributed by atoms with E-state index in [0.29, 0.717) is 5.69 Å². The fraction of sp³-hybridized carbons (Fsp3) is 0.500. The first-order chi connectivity index (χ1) is 8.17. The highest BCUT2D eigenvalue weighted by Crippen LogP contribution is 2.27. The van der Waals surface area contributed by atoms with Crippen LogP contribution in [0.1, 0.15) is 20.8 Å². The van der Waals surface area contributed by atoms with Crippen molar-refractivity contribution >= 4 is 27.3 Å². The van der Waals surface area contributed by atoms with Crippen LogP contribution in [0.15, 0.2) is 23.1 Å². The highest BCUT2D eigenvalue weighted by Gasteiger charge is 2.28. The Bertz CT molecular complexity index is 529. The van der Waals surface area contributed by atoms with E-state index in [-0.39, 0.29) is 21.9 Å². The summed E-state index contributed by atoms with van der Waals surface area (Å²) in [5.74, 6) is 0.220. The number of rotatable bonds is 4. The van der Waals surface area contributed by atoms with E-state index in [0.717, 1.165) is 0 Å². The molecule has 1 unspecified atom stereocenters. The number of nitrogens with two attached hydrogens (primary N) is 1. The van der Waals surface area contributed by atoms with Gasteiger partial charge in [0.05, 0.1) is 5.02 Å². The van der Waals surface area contributed by atoms with Gasteiger partial charge in [-0.1, -0.05) is 25.4 Å². The van der Waals surface area contributed by atoms with E-state index in [9.17, 15) is 8.42 Å². The van der Waals surface area contributed by atoms with Crippen LogP contribution in [0.5, 0.6) is 0 Å². The molecule has 0 aliphatic heterocycles. The Kier molecular flexibility index (Phi) is 4.64. The van der Waals surface area contributed by atoms with Gasteiger partial charge in [0, 0.05) is 18.8 Å². The molecule has 0 amide bonds. The molecule has 0 spiro atoms. The van der Waals surface area contributed by atoms with Crippen molar-refractivity contribution in [2.45, 2.75) is 31.7 Å². The molecule has 18 heavy (non-hydrogen) atoms. The van der Waals surface area contributed by atoms with Crippen molar-refractivity contribution in [1.29, 1.82) is 0 Å². The van der Waals surface area contributed by atoms with Crippen molar-refractivity contribution in [3.05, 3.63) is 23.2 Å². The maximum Gasteiger partial charge on any atom is 0.244 e. The van der Waals surface area contributed by atoms with Gasteiger partial charge >= 0.3 is 0 Å². The summed E-state index contributed by atoms with van der Waals surface area (Å²) in [5, 5.41) is 0.151. The summed E-state index contributed by atoms with van der Waals surface area (Å²) in [6, 6.07) is 4.31. The molecule has 0 saturated carbocycles. The number of benzene rings is 1. The SMILES string of the molecule is CC(C)C(C)N(C)S(=O)(=O)c1ccc(N)cc1Cl. The first-order valence-electron chi connectivity index (χ1n) is 5.71. The molecule has 0 aliphatic carbocycles. The molecular weight excluding hydrogens is 272 g/mol. The van der Waals surface area contributed by atoms with E-state index in [4.69, 9.17) is 17.3 Å². The highest BCUT2D eigenvalue weighted by atomic mass is 35.5. The largest absolute Gasteiger partial charge is 0.399 e. The van der Waals surface area contributed by atoms with Crippen LogP contribution >= 0.6 is 11.6 Å². The molecule has 0 saturated heterocycles. The van der Waals surface area contributed by atoms with Gasteiger partial charge < -0.3 is 5.73 Å². The highest BCUT2D eigenvalue weighted by molar-refractivity contribution is 7.89. The molecule has 0 fully saturated rings. The first-order valence-corrected chi connectivity index (χ1v) is 7.52. The summed E-state index contributed by atoms with van der Waals surface area (Å²) in [6.45, 7) is 5.82. The van der Waals surface area contributed by atoms with Crippen molar-refractivity contribution in [3.8, 4) is 0 Å². The summed E-state index contributed by atoms with van der Waals surface area (Å²) in [5.41, 5.74) is 6.01. The second-order valence-electron chi connectivity index (χ2n) is 4.70. The zero-order valence-electron chi connectivity index (χ0n) is 11.0. The van der Waals surface area contributed by atoms with Crippen LogP contribution in [-0.4, -0.2) is 25.8 Å². The van der Waals surface area contributed by atoms with E-state index in [2.05, 4.69) is 0 Å². The molecule has 1 aromatic rings. The van der Waals surface area contributed by atoms with Crippen LogP contribution in [0.4, 0.5) is 5.69 Å². The Hall–Kier alpha value is -0.780. The third kappa shape index (κ3) is 2.96. The fourth-order valence-corrected chi connectivity index (χ4v) is 3.54. The molecule has 1 rings (SSSR count). The lowest BCUT2D eigenvalue weighted by Crippen LogP contribution is -2.38. The number of hydrogen-bond acceptors (Lipinski definition) is 3. The lowest BCUT2D eigenvalue weighted by molar-refractivity contribution is 0.316. The molecule has 4 nitrogen and oxygen atoms in total. The van der Waals surface area contributed by atoms with Crippen molar-refractivity contribution in [1.82, 2.24) is 4.31 Å². The molecule has 102 valence electrons. The number of nitrogens with zero attached hydrogens (tertiary/aromatic N) is 1. The molecular formula is C12H19ClN2O2S. The van der Waals surface area contributed by atoms with Crippen molar-refractivity contribution in [2.24, 2.45) is 5.92 Å². The predicted octanol–water partition coefficient (Wildman–Crippen LogP) is 2.59. The Morgan fingerprint density at radius 2 is 1.83 bits per heavy atom. The quantitative estimate of drug-likeness (QED) is 0.867. The van der Waals surface area contributed by atoms with Gasteiger partial charge in [-0.15, -0.1) is 0 Å². The Labute approximate surface area is 114 Å². The first kappa shape index (κ1) is 15.3. The number of halogens is 1. The minimum absolute atomic E-state index is 0.0911. The molecule has 1 aromatic carbocycles. The lowest BCUT2D eigenvalue weighted by atomic mass is 10.1. The molecule has 0 bridgehead atoms. The zero-order chi connectivity index (χ0) is 14.1. The number of sulfonamides is 1.